The van der Waals surface area contributed by atoms with Gasteiger partial charge < -0.3 is 11.1 Å². The van der Waals surface area contributed by atoms with Crippen LogP contribution in [0, 0.1) is 17.3 Å². The van der Waals surface area contributed by atoms with Crippen LogP contribution in [-0.2, 0) is 4.79 Å². The van der Waals surface area contributed by atoms with Gasteiger partial charge in [0.25, 0.3) is 0 Å². The van der Waals surface area contributed by atoms with Crippen molar-refractivity contribution in [1.82, 2.24) is 5.32 Å². The first kappa shape index (κ1) is 12.4. The van der Waals surface area contributed by atoms with Crippen LogP contribution in [0.4, 0.5) is 0 Å². The molecule has 3 nitrogen and oxygen atoms in total. The van der Waals surface area contributed by atoms with Gasteiger partial charge in [0.05, 0.1) is 10.9 Å². The summed E-state index contributed by atoms with van der Waals surface area (Å²) in [5.74, 6) is -0.192. The summed E-state index contributed by atoms with van der Waals surface area (Å²) in [6.07, 6.45) is 2.40. The number of thiocarbonyl (C=S) groups is 1. The molecule has 15 heavy (non-hydrogen) atoms. The van der Waals surface area contributed by atoms with Crippen LogP contribution in [0.25, 0.3) is 0 Å². The van der Waals surface area contributed by atoms with Gasteiger partial charge in [0.2, 0.25) is 5.91 Å². The number of nitrogens with one attached hydrogen (secondary N) is 1. The van der Waals surface area contributed by atoms with Gasteiger partial charge in [-0.3, -0.25) is 4.79 Å². The third-order valence-electron chi connectivity index (χ3n) is 3.05. The van der Waals surface area contributed by atoms with Crippen LogP contribution in [0.2, 0.25) is 0 Å². The Labute approximate surface area is 96.8 Å². The third-order valence-corrected chi connectivity index (χ3v) is 3.30. The second-order valence-corrected chi connectivity index (χ2v) is 5.62. The maximum Gasteiger partial charge on any atom is 0.230 e. The van der Waals surface area contributed by atoms with Crippen molar-refractivity contribution in [1.29, 1.82) is 0 Å². The van der Waals surface area contributed by atoms with Crippen LogP contribution in [-0.4, -0.2) is 17.4 Å². The van der Waals surface area contributed by atoms with E-state index in [1.165, 1.54) is 12.8 Å². The average Bonchev–Trinajstić information content (AvgIpc) is 2.80. The summed E-state index contributed by atoms with van der Waals surface area (Å²) in [7, 11) is 0. The minimum atomic E-state index is -0.331. The monoisotopic (exact) mass is 228 g/mol. The molecule has 0 radical (unpaired) electrons. The van der Waals surface area contributed by atoms with Crippen molar-refractivity contribution >= 4 is 23.1 Å². The summed E-state index contributed by atoms with van der Waals surface area (Å²) >= 11 is 4.91. The molecule has 3 N–H and O–H groups in total. The van der Waals surface area contributed by atoms with Crippen molar-refractivity contribution < 1.29 is 4.79 Å². The Morgan fingerprint density at radius 1 is 1.53 bits per heavy atom. The minimum absolute atomic E-state index is 0.0226. The van der Waals surface area contributed by atoms with Crippen molar-refractivity contribution in [3.8, 4) is 0 Å². The van der Waals surface area contributed by atoms with Gasteiger partial charge in [0.15, 0.2) is 0 Å². The lowest BCUT2D eigenvalue weighted by Gasteiger charge is -2.20. The molecule has 0 aliphatic heterocycles. The highest BCUT2D eigenvalue weighted by atomic mass is 32.1. The molecule has 0 saturated heterocycles. The second-order valence-electron chi connectivity index (χ2n) is 5.15. The fourth-order valence-corrected chi connectivity index (χ4v) is 1.94. The zero-order valence-electron chi connectivity index (χ0n) is 9.67. The number of hydrogen-bond donors (Lipinski definition) is 2. The normalized spacial score (nSPS) is 19.7. The van der Waals surface area contributed by atoms with E-state index in [4.69, 9.17) is 18.0 Å². The van der Waals surface area contributed by atoms with Crippen LogP contribution >= 0.6 is 12.2 Å². The fraction of sp³-hybridized carbons (Fsp3) is 0.818. The van der Waals surface area contributed by atoms with Gasteiger partial charge in [0, 0.05) is 6.54 Å². The molecule has 1 rings (SSSR count). The quantitative estimate of drug-likeness (QED) is 0.700. The molecule has 1 fully saturated rings. The van der Waals surface area contributed by atoms with Gasteiger partial charge in [-0.2, -0.15) is 0 Å². The molecule has 0 heterocycles. The second kappa shape index (κ2) is 4.47. The highest BCUT2D eigenvalue weighted by Gasteiger charge is 2.38. The Morgan fingerprint density at radius 2 is 2.07 bits per heavy atom. The zero-order chi connectivity index (χ0) is 11.6. The number of hydrogen-bond acceptors (Lipinski definition) is 2. The zero-order valence-corrected chi connectivity index (χ0v) is 10.5. The Kier molecular flexibility index (Phi) is 3.71. The SMILES string of the molecule is CC(C)C(C(=O)NCC1(C)CC1)C(N)=S. The highest BCUT2D eigenvalue weighted by molar-refractivity contribution is 7.80. The van der Waals surface area contributed by atoms with Crippen LogP contribution < -0.4 is 11.1 Å². The standard InChI is InChI=1S/C11H20N2OS/c1-7(2)8(9(12)15)10(14)13-6-11(3)4-5-11/h7-8H,4-6H2,1-3H3,(H2,12,15)(H,13,14). The van der Waals surface area contributed by atoms with Gasteiger partial charge in [-0.25, -0.2) is 0 Å². The molecular weight excluding hydrogens is 208 g/mol. The van der Waals surface area contributed by atoms with Crippen molar-refractivity contribution in [3.05, 3.63) is 0 Å². The Hall–Kier alpha value is -0.640. The largest absolute Gasteiger partial charge is 0.393 e. The molecule has 86 valence electrons. The molecule has 1 aliphatic rings. The predicted octanol–water partition coefficient (Wildman–Crippen LogP) is 1.46. The molecule has 0 aromatic heterocycles. The molecule has 1 atom stereocenters. The van der Waals surface area contributed by atoms with Crippen LogP contribution in [0.3, 0.4) is 0 Å². The number of rotatable bonds is 5. The summed E-state index contributed by atoms with van der Waals surface area (Å²) in [6.45, 7) is 6.85. The van der Waals surface area contributed by atoms with E-state index in [0.29, 0.717) is 10.4 Å². The minimum Gasteiger partial charge on any atom is -0.393 e. The first-order valence-electron chi connectivity index (χ1n) is 5.43. The first-order valence-corrected chi connectivity index (χ1v) is 5.83. The number of nitrogens with two attached hydrogens (primary N) is 1. The summed E-state index contributed by atoms with van der Waals surface area (Å²) in [6, 6.07) is 0. The van der Waals surface area contributed by atoms with Gasteiger partial charge >= 0.3 is 0 Å². The van der Waals surface area contributed by atoms with E-state index >= 15 is 0 Å². The molecule has 1 aliphatic carbocycles. The van der Waals surface area contributed by atoms with E-state index in [1.54, 1.807) is 0 Å². The summed E-state index contributed by atoms with van der Waals surface area (Å²) in [5, 5.41) is 2.94. The molecule has 1 saturated carbocycles. The lowest BCUT2D eigenvalue weighted by atomic mass is 9.94. The molecule has 4 heteroatoms. The Balaban J connectivity index is 2.45. The average molecular weight is 228 g/mol. The predicted molar refractivity (Wildman–Crippen MR) is 65.5 cm³/mol. The van der Waals surface area contributed by atoms with Crippen LogP contribution in [0.5, 0.6) is 0 Å². The van der Waals surface area contributed by atoms with Crippen molar-refractivity contribution in [2.45, 2.75) is 33.6 Å². The first-order chi connectivity index (χ1) is 6.86. The number of carbonyl (C=O) groups is 1. The van der Waals surface area contributed by atoms with E-state index < -0.39 is 0 Å². The lowest BCUT2D eigenvalue weighted by Crippen LogP contribution is -2.42. The molecule has 0 bridgehead atoms. The maximum atomic E-state index is 11.8. The van der Waals surface area contributed by atoms with Crippen molar-refractivity contribution in [2.24, 2.45) is 23.0 Å². The van der Waals surface area contributed by atoms with Gasteiger partial charge in [-0.15, -0.1) is 0 Å². The molecular formula is C11H20N2OS. The Morgan fingerprint density at radius 3 is 2.40 bits per heavy atom. The molecule has 0 aromatic carbocycles. The smallest absolute Gasteiger partial charge is 0.230 e. The summed E-state index contributed by atoms with van der Waals surface area (Å²) in [4.78, 5) is 12.1. The topological polar surface area (TPSA) is 55.1 Å². The van der Waals surface area contributed by atoms with Crippen LogP contribution in [0.15, 0.2) is 0 Å². The van der Waals surface area contributed by atoms with Crippen LogP contribution in [0.1, 0.15) is 33.6 Å². The summed E-state index contributed by atoms with van der Waals surface area (Å²) in [5.41, 5.74) is 5.89. The number of amides is 1. The maximum absolute atomic E-state index is 11.8. The van der Waals surface area contributed by atoms with Gasteiger partial charge in [0.1, 0.15) is 0 Å². The Bertz CT molecular complexity index is 272. The van der Waals surface area contributed by atoms with E-state index in [2.05, 4.69) is 12.2 Å². The lowest BCUT2D eigenvalue weighted by molar-refractivity contribution is -0.124. The molecule has 1 amide bonds. The van der Waals surface area contributed by atoms with E-state index in [-0.39, 0.29) is 17.7 Å². The third kappa shape index (κ3) is 3.45. The fourth-order valence-electron chi connectivity index (χ4n) is 1.56. The van der Waals surface area contributed by atoms with Crippen molar-refractivity contribution in [3.63, 3.8) is 0 Å². The molecule has 0 aromatic rings. The molecule has 0 spiro atoms. The molecule has 1 unspecified atom stereocenters. The van der Waals surface area contributed by atoms with E-state index in [9.17, 15) is 4.79 Å². The highest BCUT2D eigenvalue weighted by Crippen LogP contribution is 2.44. The van der Waals surface area contributed by atoms with E-state index in [0.717, 1.165) is 6.54 Å². The number of carbonyl (C=O) groups excluding carboxylic acids is 1. The summed E-state index contributed by atoms with van der Waals surface area (Å²) < 4.78 is 0. The van der Waals surface area contributed by atoms with Crippen molar-refractivity contribution in [2.75, 3.05) is 6.54 Å². The van der Waals surface area contributed by atoms with Gasteiger partial charge in [-0.1, -0.05) is 33.0 Å². The van der Waals surface area contributed by atoms with E-state index in [1.807, 2.05) is 13.8 Å². The van der Waals surface area contributed by atoms with Gasteiger partial charge in [-0.05, 0) is 24.2 Å².